The van der Waals surface area contributed by atoms with Crippen molar-refractivity contribution in [3.8, 4) is 0 Å². The van der Waals surface area contributed by atoms with Crippen molar-refractivity contribution in [3.63, 3.8) is 0 Å². The summed E-state index contributed by atoms with van der Waals surface area (Å²) in [5.41, 5.74) is 0. The molecule has 4 heteroatoms. The molecule has 2 rings (SSSR count). The van der Waals surface area contributed by atoms with E-state index in [9.17, 15) is 0 Å². The highest BCUT2D eigenvalue weighted by Crippen LogP contribution is 2.18. The lowest BCUT2D eigenvalue weighted by Crippen LogP contribution is -2.41. The minimum absolute atomic E-state index is 0. The Morgan fingerprint density at radius 2 is 2.00 bits per heavy atom. The number of nitrogens with one attached hydrogen (secondary N) is 1. The zero-order valence-corrected chi connectivity index (χ0v) is 11.1. The van der Waals surface area contributed by atoms with Crippen LogP contribution in [0.3, 0.4) is 0 Å². The monoisotopic (exact) mass is 248 g/mol. The number of hydrogen-bond donors (Lipinski definition) is 1. The Hall–Kier alpha value is 0.170. The Balaban J connectivity index is 0.00000128. The predicted molar refractivity (Wildman–Crippen MR) is 69.3 cm³/mol. The summed E-state index contributed by atoms with van der Waals surface area (Å²) in [6.45, 7) is 5.84. The first-order chi connectivity index (χ1) is 7.38. The first-order valence-corrected chi connectivity index (χ1v) is 6.36. The first kappa shape index (κ1) is 14.2. The summed E-state index contributed by atoms with van der Waals surface area (Å²) in [7, 11) is 2.08. The van der Waals surface area contributed by atoms with Gasteiger partial charge >= 0.3 is 0 Å². The fourth-order valence-electron chi connectivity index (χ4n) is 2.62. The summed E-state index contributed by atoms with van der Waals surface area (Å²) in [5, 5.41) is 3.37. The van der Waals surface area contributed by atoms with E-state index < -0.39 is 0 Å². The summed E-state index contributed by atoms with van der Waals surface area (Å²) in [5.74, 6) is 0.840. The van der Waals surface area contributed by atoms with Crippen molar-refractivity contribution in [2.24, 2.45) is 5.92 Å². The van der Waals surface area contributed by atoms with E-state index in [1.807, 2.05) is 0 Å². The Morgan fingerprint density at radius 1 is 1.25 bits per heavy atom. The van der Waals surface area contributed by atoms with Crippen LogP contribution in [0.5, 0.6) is 0 Å². The van der Waals surface area contributed by atoms with E-state index in [0.717, 1.165) is 25.2 Å². The quantitative estimate of drug-likeness (QED) is 0.817. The largest absolute Gasteiger partial charge is 0.381 e. The van der Waals surface area contributed by atoms with Gasteiger partial charge in [-0.25, -0.2) is 0 Å². The third-order valence-corrected chi connectivity index (χ3v) is 3.87. The number of halogens is 1. The number of rotatable bonds is 4. The van der Waals surface area contributed by atoms with Crippen LogP contribution in [0.1, 0.15) is 25.7 Å². The van der Waals surface area contributed by atoms with E-state index in [1.165, 1.54) is 45.3 Å². The molecule has 0 aromatic carbocycles. The van der Waals surface area contributed by atoms with Gasteiger partial charge in [-0.2, -0.15) is 0 Å². The van der Waals surface area contributed by atoms with Crippen LogP contribution in [-0.2, 0) is 4.74 Å². The van der Waals surface area contributed by atoms with Gasteiger partial charge in [-0.1, -0.05) is 0 Å². The van der Waals surface area contributed by atoms with Gasteiger partial charge in [0.2, 0.25) is 0 Å². The highest BCUT2D eigenvalue weighted by molar-refractivity contribution is 5.85. The molecule has 2 fully saturated rings. The lowest BCUT2D eigenvalue weighted by atomic mass is 10.0. The van der Waals surface area contributed by atoms with Crippen LogP contribution >= 0.6 is 12.4 Å². The number of ether oxygens (including phenoxy) is 1. The highest BCUT2D eigenvalue weighted by Gasteiger charge is 2.20. The Bertz CT molecular complexity index is 178. The SMILES string of the molecule is CNC1CCN(CCC2CCOC2)CC1.Cl. The average molecular weight is 249 g/mol. The minimum atomic E-state index is 0. The molecule has 2 aliphatic heterocycles. The summed E-state index contributed by atoms with van der Waals surface area (Å²) in [4.78, 5) is 2.62. The summed E-state index contributed by atoms with van der Waals surface area (Å²) >= 11 is 0. The second-order valence-electron chi connectivity index (χ2n) is 4.92. The van der Waals surface area contributed by atoms with Crippen LogP contribution < -0.4 is 5.32 Å². The average Bonchev–Trinajstić information content (AvgIpc) is 2.80. The zero-order chi connectivity index (χ0) is 10.5. The predicted octanol–water partition coefficient (Wildman–Crippen LogP) is 1.52. The van der Waals surface area contributed by atoms with Crippen LogP contribution in [0.2, 0.25) is 0 Å². The molecule has 16 heavy (non-hydrogen) atoms. The van der Waals surface area contributed by atoms with Crippen LogP contribution in [0.4, 0.5) is 0 Å². The van der Waals surface area contributed by atoms with Crippen molar-refractivity contribution in [1.82, 2.24) is 10.2 Å². The van der Waals surface area contributed by atoms with Gasteiger partial charge in [0.15, 0.2) is 0 Å². The molecule has 2 aliphatic rings. The second-order valence-corrected chi connectivity index (χ2v) is 4.92. The number of likely N-dealkylation sites (tertiary alicyclic amines) is 1. The standard InChI is InChI=1S/C12H24N2O.ClH/c1-13-12-3-7-14(8-4-12)6-2-11-5-9-15-10-11;/h11-13H,2-10H2,1H3;1H. The minimum Gasteiger partial charge on any atom is -0.381 e. The molecule has 0 saturated carbocycles. The third-order valence-electron chi connectivity index (χ3n) is 3.87. The molecule has 96 valence electrons. The maximum Gasteiger partial charge on any atom is 0.0495 e. The molecule has 0 aromatic heterocycles. The number of piperidine rings is 1. The molecule has 3 nitrogen and oxygen atoms in total. The maximum absolute atomic E-state index is 5.40. The van der Waals surface area contributed by atoms with E-state index in [-0.39, 0.29) is 12.4 Å². The van der Waals surface area contributed by atoms with Gasteiger partial charge < -0.3 is 15.0 Å². The van der Waals surface area contributed by atoms with Crippen molar-refractivity contribution in [2.45, 2.75) is 31.7 Å². The molecule has 0 bridgehead atoms. The molecule has 2 heterocycles. The van der Waals surface area contributed by atoms with Crippen LogP contribution in [-0.4, -0.2) is 50.8 Å². The van der Waals surface area contributed by atoms with Gasteiger partial charge in [0, 0.05) is 19.3 Å². The van der Waals surface area contributed by atoms with Crippen LogP contribution in [0.15, 0.2) is 0 Å². The lowest BCUT2D eigenvalue weighted by Gasteiger charge is -2.32. The maximum atomic E-state index is 5.40. The third kappa shape index (κ3) is 4.21. The molecule has 0 aromatic rings. The molecule has 2 saturated heterocycles. The first-order valence-electron chi connectivity index (χ1n) is 6.36. The Labute approximate surface area is 105 Å². The summed E-state index contributed by atoms with van der Waals surface area (Å²) < 4.78 is 5.40. The van der Waals surface area contributed by atoms with Gasteiger partial charge in [0.25, 0.3) is 0 Å². The van der Waals surface area contributed by atoms with Crippen molar-refractivity contribution >= 4 is 12.4 Å². The van der Waals surface area contributed by atoms with Gasteiger partial charge in [0.05, 0.1) is 0 Å². The zero-order valence-electron chi connectivity index (χ0n) is 10.3. The van der Waals surface area contributed by atoms with E-state index in [1.54, 1.807) is 0 Å². The summed E-state index contributed by atoms with van der Waals surface area (Å²) in [6, 6.07) is 0.760. The molecule has 1 N–H and O–H groups in total. The van der Waals surface area contributed by atoms with Crippen molar-refractivity contribution in [3.05, 3.63) is 0 Å². The van der Waals surface area contributed by atoms with E-state index in [4.69, 9.17) is 4.74 Å². The van der Waals surface area contributed by atoms with Crippen molar-refractivity contribution in [2.75, 3.05) is 39.9 Å². The molecular formula is C12H25ClN2O. The van der Waals surface area contributed by atoms with Crippen molar-refractivity contribution in [1.29, 1.82) is 0 Å². The fourth-order valence-corrected chi connectivity index (χ4v) is 2.62. The molecule has 0 amide bonds. The van der Waals surface area contributed by atoms with Crippen molar-refractivity contribution < 1.29 is 4.74 Å². The van der Waals surface area contributed by atoms with E-state index >= 15 is 0 Å². The molecule has 0 aliphatic carbocycles. The second kappa shape index (κ2) is 7.49. The molecular weight excluding hydrogens is 224 g/mol. The molecule has 0 radical (unpaired) electrons. The smallest absolute Gasteiger partial charge is 0.0495 e. The number of nitrogens with zero attached hydrogens (tertiary/aromatic N) is 1. The van der Waals surface area contributed by atoms with E-state index in [2.05, 4.69) is 17.3 Å². The Morgan fingerprint density at radius 3 is 2.56 bits per heavy atom. The highest BCUT2D eigenvalue weighted by atomic mass is 35.5. The normalized spacial score (nSPS) is 27.9. The van der Waals surface area contributed by atoms with Gasteiger partial charge in [-0.3, -0.25) is 0 Å². The van der Waals surface area contributed by atoms with Gasteiger partial charge in [-0.15, -0.1) is 12.4 Å². The molecule has 1 atom stereocenters. The van der Waals surface area contributed by atoms with Crippen LogP contribution in [0, 0.1) is 5.92 Å². The molecule has 0 spiro atoms. The van der Waals surface area contributed by atoms with Gasteiger partial charge in [-0.05, 0) is 58.3 Å². The Kier molecular flexibility index (Phi) is 6.66. The number of hydrogen-bond acceptors (Lipinski definition) is 3. The lowest BCUT2D eigenvalue weighted by molar-refractivity contribution is 0.167. The van der Waals surface area contributed by atoms with Gasteiger partial charge in [0.1, 0.15) is 0 Å². The summed E-state index contributed by atoms with van der Waals surface area (Å²) in [6.07, 6.45) is 5.26. The molecule has 1 unspecified atom stereocenters. The van der Waals surface area contributed by atoms with E-state index in [0.29, 0.717) is 0 Å². The fraction of sp³-hybridized carbons (Fsp3) is 1.00. The van der Waals surface area contributed by atoms with Crippen LogP contribution in [0.25, 0.3) is 0 Å². The topological polar surface area (TPSA) is 24.5 Å².